The minimum atomic E-state index is -0.991. The van der Waals surface area contributed by atoms with Crippen LogP contribution in [0.25, 0.3) is 0 Å². The summed E-state index contributed by atoms with van der Waals surface area (Å²) in [5.74, 6) is -1.33. The third-order valence-electron chi connectivity index (χ3n) is 2.95. The van der Waals surface area contributed by atoms with Crippen LogP contribution in [0.2, 0.25) is 5.02 Å². The number of carboxylic acid groups (broad SMARTS) is 1. The molecule has 0 heterocycles. The molecule has 0 radical (unpaired) electrons. The van der Waals surface area contributed by atoms with Crippen molar-refractivity contribution in [2.45, 2.75) is 6.54 Å². The first-order valence-corrected chi connectivity index (χ1v) is 6.33. The maximum Gasteiger partial charge on any atom is 0.335 e. The Morgan fingerprint density at radius 1 is 1.30 bits per heavy atom. The molecule has 0 saturated heterocycles. The first kappa shape index (κ1) is 14.3. The van der Waals surface area contributed by atoms with E-state index in [0.29, 0.717) is 22.8 Å². The third kappa shape index (κ3) is 3.27. The van der Waals surface area contributed by atoms with Crippen LogP contribution in [0.4, 0.5) is 10.1 Å². The molecule has 0 aliphatic heterocycles. The maximum atomic E-state index is 13.7. The molecule has 0 saturated carbocycles. The summed E-state index contributed by atoms with van der Waals surface area (Å²) in [6.45, 7) is 0.301. The van der Waals surface area contributed by atoms with Crippen LogP contribution in [-0.4, -0.2) is 18.1 Å². The highest BCUT2D eigenvalue weighted by Crippen LogP contribution is 2.21. The van der Waals surface area contributed by atoms with E-state index in [1.807, 2.05) is 0 Å². The summed E-state index contributed by atoms with van der Waals surface area (Å²) < 4.78 is 13.7. The molecule has 0 aromatic heterocycles. The molecule has 0 atom stereocenters. The first-order chi connectivity index (χ1) is 9.47. The highest BCUT2D eigenvalue weighted by Gasteiger charge is 2.09. The van der Waals surface area contributed by atoms with E-state index in [2.05, 4.69) is 0 Å². The Labute approximate surface area is 121 Å². The smallest absolute Gasteiger partial charge is 0.335 e. The zero-order valence-corrected chi connectivity index (χ0v) is 11.6. The average Bonchev–Trinajstić information content (AvgIpc) is 2.43. The van der Waals surface area contributed by atoms with Gasteiger partial charge in [0.15, 0.2) is 0 Å². The maximum absolute atomic E-state index is 13.7. The second kappa shape index (κ2) is 5.92. The summed E-state index contributed by atoms with van der Waals surface area (Å²) in [4.78, 5) is 12.7. The largest absolute Gasteiger partial charge is 0.478 e. The van der Waals surface area contributed by atoms with Crippen LogP contribution >= 0.6 is 11.6 Å². The molecule has 0 aliphatic carbocycles. The molecule has 2 rings (SSSR count). The van der Waals surface area contributed by atoms with Gasteiger partial charge in [-0.2, -0.15) is 0 Å². The molecule has 1 N–H and O–H groups in total. The molecule has 0 unspecified atom stereocenters. The number of nitrogens with zero attached hydrogens (tertiary/aromatic N) is 1. The lowest BCUT2D eigenvalue weighted by Gasteiger charge is -2.20. The summed E-state index contributed by atoms with van der Waals surface area (Å²) in [7, 11) is 1.77. The predicted molar refractivity (Wildman–Crippen MR) is 76.9 cm³/mol. The van der Waals surface area contributed by atoms with E-state index in [9.17, 15) is 9.18 Å². The Morgan fingerprint density at radius 2 is 2.05 bits per heavy atom. The molecule has 20 heavy (non-hydrogen) atoms. The van der Waals surface area contributed by atoms with E-state index >= 15 is 0 Å². The lowest BCUT2D eigenvalue weighted by Crippen LogP contribution is -2.17. The van der Waals surface area contributed by atoms with Crippen molar-refractivity contribution < 1.29 is 14.3 Å². The average molecular weight is 294 g/mol. The fourth-order valence-electron chi connectivity index (χ4n) is 1.89. The fraction of sp³-hybridized carbons (Fsp3) is 0.133. The number of aromatic carboxylic acids is 1. The van der Waals surface area contributed by atoms with Crippen LogP contribution < -0.4 is 4.90 Å². The molecule has 0 aliphatic rings. The van der Waals surface area contributed by atoms with Crippen LogP contribution in [0.1, 0.15) is 15.9 Å². The Hall–Kier alpha value is -2.07. The molecule has 0 fully saturated rings. The number of anilines is 1. The summed E-state index contributed by atoms with van der Waals surface area (Å²) in [6.07, 6.45) is 0. The van der Waals surface area contributed by atoms with E-state index in [-0.39, 0.29) is 11.4 Å². The molecule has 0 spiro atoms. The lowest BCUT2D eigenvalue weighted by atomic mass is 10.1. The topological polar surface area (TPSA) is 40.5 Å². The predicted octanol–water partition coefficient (Wildman–Crippen LogP) is 3.81. The number of hydrogen-bond acceptors (Lipinski definition) is 2. The molecule has 3 nitrogen and oxygen atoms in total. The Bertz CT molecular complexity index is 646. The molecular formula is C15H13ClFNO2. The van der Waals surface area contributed by atoms with Gasteiger partial charge in [-0.15, -0.1) is 0 Å². The Balaban J connectivity index is 2.23. The summed E-state index contributed by atoms with van der Waals surface area (Å²) in [5.41, 5.74) is 1.35. The fourth-order valence-corrected chi connectivity index (χ4v) is 2.08. The van der Waals surface area contributed by atoms with E-state index in [1.165, 1.54) is 18.2 Å². The zero-order valence-electron chi connectivity index (χ0n) is 10.8. The second-order valence-electron chi connectivity index (χ2n) is 4.45. The van der Waals surface area contributed by atoms with Gasteiger partial charge in [0.05, 0.1) is 5.56 Å². The number of rotatable bonds is 4. The van der Waals surface area contributed by atoms with E-state index in [4.69, 9.17) is 16.7 Å². The van der Waals surface area contributed by atoms with Gasteiger partial charge in [-0.3, -0.25) is 0 Å². The second-order valence-corrected chi connectivity index (χ2v) is 4.88. The van der Waals surface area contributed by atoms with E-state index in [0.717, 1.165) is 0 Å². The Kier molecular flexibility index (Phi) is 4.25. The molecule has 5 heteroatoms. The molecule has 2 aromatic carbocycles. The minimum absolute atomic E-state index is 0.195. The lowest BCUT2D eigenvalue weighted by molar-refractivity contribution is 0.0697. The third-order valence-corrected chi connectivity index (χ3v) is 3.18. The molecular weight excluding hydrogens is 281 g/mol. The molecule has 104 valence electrons. The number of hydrogen-bond donors (Lipinski definition) is 1. The van der Waals surface area contributed by atoms with Crippen molar-refractivity contribution >= 4 is 23.3 Å². The van der Waals surface area contributed by atoms with Gasteiger partial charge in [0.1, 0.15) is 5.82 Å². The first-order valence-electron chi connectivity index (χ1n) is 5.96. The summed E-state index contributed by atoms with van der Waals surface area (Å²) in [5, 5.41) is 9.43. The molecule has 0 amide bonds. The highest BCUT2D eigenvalue weighted by atomic mass is 35.5. The van der Waals surface area contributed by atoms with Crippen molar-refractivity contribution in [1.82, 2.24) is 0 Å². The molecule has 2 aromatic rings. The number of halogens is 2. The van der Waals surface area contributed by atoms with Gasteiger partial charge in [-0.25, -0.2) is 9.18 Å². The van der Waals surface area contributed by atoms with Crippen LogP contribution in [0.15, 0.2) is 42.5 Å². The van der Waals surface area contributed by atoms with Gasteiger partial charge in [-0.05, 0) is 36.4 Å². The number of benzene rings is 2. The Morgan fingerprint density at radius 3 is 2.75 bits per heavy atom. The van der Waals surface area contributed by atoms with Gasteiger partial charge in [0.2, 0.25) is 0 Å². The van der Waals surface area contributed by atoms with Gasteiger partial charge >= 0.3 is 5.97 Å². The van der Waals surface area contributed by atoms with Gasteiger partial charge in [0.25, 0.3) is 0 Å². The van der Waals surface area contributed by atoms with E-state index < -0.39 is 5.97 Å². The standard InChI is InChI=1S/C15H13ClFNO2/c1-18(9-11-7-12(16)5-6-14(11)17)13-4-2-3-10(8-13)15(19)20/h2-8H,9H2,1H3,(H,19,20). The van der Waals surface area contributed by atoms with Crippen LogP contribution in [0, 0.1) is 5.82 Å². The minimum Gasteiger partial charge on any atom is -0.478 e. The number of carbonyl (C=O) groups is 1. The zero-order chi connectivity index (χ0) is 14.7. The summed E-state index contributed by atoms with van der Waals surface area (Å²) in [6, 6.07) is 10.9. The summed E-state index contributed by atoms with van der Waals surface area (Å²) >= 11 is 5.85. The van der Waals surface area contributed by atoms with Crippen LogP contribution in [0.5, 0.6) is 0 Å². The normalized spacial score (nSPS) is 10.3. The van der Waals surface area contributed by atoms with Crippen molar-refractivity contribution in [3.05, 3.63) is 64.4 Å². The van der Waals surface area contributed by atoms with Crippen molar-refractivity contribution in [3.8, 4) is 0 Å². The SMILES string of the molecule is CN(Cc1cc(Cl)ccc1F)c1cccc(C(=O)O)c1. The van der Waals surface area contributed by atoms with Crippen LogP contribution in [0.3, 0.4) is 0 Å². The van der Waals surface area contributed by atoms with Crippen molar-refractivity contribution in [2.24, 2.45) is 0 Å². The number of carboxylic acids is 1. The van der Waals surface area contributed by atoms with Crippen molar-refractivity contribution in [3.63, 3.8) is 0 Å². The monoisotopic (exact) mass is 293 g/mol. The van der Waals surface area contributed by atoms with Crippen molar-refractivity contribution in [1.29, 1.82) is 0 Å². The molecule has 0 bridgehead atoms. The van der Waals surface area contributed by atoms with Gasteiger partial charge in [-0.1, -0.05) is 17.7 Å². The van der Waals surface area contributed by atoms with Crippen LogP contribution in [-0.2, 0) is 6.54 Å². The van der Waals surface area contributed by atoms with E-state index in [1.54, 1.807) is 36.2 Å². The van der Waals surface area contributed by atoms with Crippen molar-refractivity contribution in [2.75, 3.05) is 11.9 Å². The quantitative estimate of drug-likeness (QED) is 0.932. The highest BCUT2D eigenvalue weighted by molar-refractivity contribution is 6.30. The van der Waals surface area contributed by atoms with Gasteiger partial charge < -0.3 is 10.0 Å². The van der Waals surface area contributed by atoms with Gasteiger partial charge in [0, 0.05) is 29.9 Å².